The van der Waals surface area contributed by atoms with Crippen molar-refractivity contribution in [2.24, 2.45) is 0 Å². The van der Waals surface area contributed by atoms with Gasteiger partial charge in [-0.2, -0.15) is 0 Å². The quantitative estimate of drug-likeness (QED) is 0.560. The minimum absolute atomic E-state index is 0.166. The van der Waals surface area contributed by atoms with Crippen molar-refractivity contribution in [3.63, 3.8) is 0 Å². The number of hydrogen-bond donors (Lipinski definition) is 1. The average Bonchev–Trinajstić information content (AvgIpc) is 3.11. The molecule has 2 aromatic carbocycles. The minimum atomic E-state index is -3.68. The van der Waals surface area contributed by atoms with Crippen LogP contribution in [0.2, 0.25) is 0 Å². The molecule has 0 fully saturated rings. The summed E-state index contributed by atoms with van der Waals surface area (Å²) in [5, 5.41) is 0. The number of methoxy groups -OCH3 is 1. The summed E-state index contributed by atoms with van der Waals surface area (Å²) >= 11 is 0. The monoisotopic (exact) mass is 394 g/mol. The van der Waals surface area contributed by atoms with E-state index in [0.29, 0.717) is 17.2 Å². The number of anilines is 1. The van der Waals surface area contributed by atoms with Crippen LogP contribution in [0.1, 0.15) is 5.69 Å². The maximum Gasteiger partial charge on any atom is 0.261 e. The van der Waals surface area contributed by atoms with Crippen LogP contribution in [0.4, 0.5) is 5.69 Å². The van der Waals surface area contributed by atoms with Crippen LogP contribution < -0.4 is 9.46 Å². The molecule has 4 rings (SSSR count). The molecule has 0 saturated carbocycles. The molecule has 8 heteroatoms. The lowest BCUT2D eigenvalue weighted by Gasteiger charge is -2.09. The first-order valence-corrected chi connectivity index (χ1v) is 10.0. The van der Waals surface area contributed by atoms with Gasteiger partial charge in [-0.1, -0.05) is 12.1 Å². The number of hydrogen-bond acceptors (Lipinski definition) is 5. The van der Waals surface area contributed by atoms with Gasteiger partial charge in [-0.25, -0.2) is 18.4 Å². The summed E-state index contributed by atoms with van der Waals surface area (Å²) in [7, 11) is -2.14. The summed E-state index contributed by atoms with van der Waals surface area (Å²) in [6, 6.07) is 15.2. The number of nitrogens with zero attached hydrogens (tertiary/aromatic N) is 3. The van der Waals surface area contributed by atoms with Crippen LogP contribution in [-0.2, 0) is 10.0 Å². The molecule has 28 heavy (non-hydrogen) atoms. The predicted molar refractivity (Wildman–Crippen MR) is 107 cm³/mol. The first-order valence-electron chi connectivity index (χ1n) is 8.54. The van der Waals surface area contributed by atoms with Crippen molar-refractivity contribution in [1.29, 1.82) is 0 Å². The lowest BCUT2D eigenvalue weighted by atomic mass is 10.1. The Bertz CT molecular complexity index is 1230. The van der Waals surface area contributed by atoms with Crippen molar-refractivity contribution in [1.82, 2.24) is 14.4 Å². The van der Waals surface area contributed by atoms with Crippen LogP contribution in [0.25, 0.3) is 17.0 Å². The number of sulfonamides is 1. The molecule has 0 saturated heterocycles. The smallest absolute Gasteiger partial charge is 0.261 e. The summed E-state index contributed by atoms with van der Waals surface area (Å²) in [6.07, 6.45) is 3.80. The first-order chi connectivity index (χ1) is 13.4. The largest absolute Gasteiger partial charge is 0.497 e. The van der Waals surface area contributed by atoms with E-state index in [4.69, 9.17) is 4.74 Å². The molecule has 0 aliphatic heterocycles. The van der Waals surface area contributed by atoms with E-state index in [2.05, 4.69) is 14.7 Å². The van der Waals surface area contributed by atoms with Crippen molar-refractivity contribution in [3.8, 4) is 17.0 Å². The fraction of sp³-hybridized carbons (Fsp3) is 0.100. The minimum Gasteiger partial charge on any atom is -0.497 e. The molecule has 0 amide bonds. The number of aromatic nitrogens is 3. The maximum absolute atomic E-state index is 12.5. The van der Waals surface area contributed by atoms with Gasteiger partial charge in [0.15, 0.2) is 0 Å². The van der Waals surface area contributed by atoms with Gasteiger partial charge < -0.3 is 4.74 Å². The van der Waals surface area contributed by atoms with E-state index in [-0.39, 0.29) is 4.90 Å². The Morgan fingerprint density at radius 3 is 2.36 bits per heavy atom. The van der Waals surface area contributed by atoms with Crippen LogP contribution in [0.3, 0.4) is 0 Å². The molecule has 1 N–H and O–H groups in total. The molecular weight excluding hydrogens is 376 g/mol. The molecule has 142 valence electrons. The summed E-state index contributed by atoms with van der Waals surface area (Å²) in [6.45, 7) is 1.91. The molecule has 0 unspecified atom stereocenters. The second-order valence-corrected chi connectivity index (χ2v) is 7.94. The van der Waals surface area contributed by atoms with Crippen LogP contribution in [0.15, 0.2) is 71.9 Å². The molecule has 0 bridgehead atoms. The Morgan fingerprint density at radius 1 is 0.964 bits per heavy atom. The number of imidazole rings is 1. The molecule has 7 nitrogen and oxygen atoms in total. The van der Waals surface area contributed by atoms with E-state index in [9.17, 15) is 8.42 Å². The van der Waals surface area contributed by atoms with Gasteiger partial charge in [0.05, 0.1) is 17.7 Å². The Kier molecular flexibility index (Phi) is 4.48. The normalized spacial score (nSPS) is 11.5. The highest BCUT2D eigenvalue weighted by Crippen LogP contribution is 2.23. The van der Waals surface area contributed by atoms with E-state index in [0.717, 1.165) is 17.0 Å². The average molecular weight is 394 g/mol. The maximum atomic E-state index is 12.5. The molecule has 0 aliphatic rings. The molecule has 0 aliphatic carbocycles. The first kappa shape index (κ1) is 18.0. The van der Waals surface area contributed by atoms with Crippen molar-refractivity contribution < 1.29 is 13.2 Å². The van der Waals surface area contributed by atoms with Gasteiger partial charge >= 0.3 is 0 Å². The number of rotatable bonds is 5. The van der Waals surface area contributed by atoms with Crippen molar-refractivity contribution in [2.75, 3.05) is 11.8 Å². The predicted octanol–water partition coefficient (Wildman–Crippen LogP) is 3.51. The third kappa shape index (κ3) is 3.54. The highest BCUT2D eigenvalue weighted by molar-refractivity contribution is 7.92. The Labute approximate surface area is 162 Å². The topological polar surface area (TPSA) is 85.6 Å². The summed E-state index contributed by atoms with van der Waals surface area (Å²) in [4.78, 5) is 9.06. The van der Waals surface area contributed by atoms with Crippen LogP contribution >= 0.6 is 0 Å². The molecule has 2 heterocycles. The van der Waals surface area contributed by atoms with E-state index in [1.807, 2.05) is 41.9 Å². The second-order valence-electron chi connectivity index (χ2n) is 6.26. The van der Waals surface area contributed by atoms with Gasteiger partial charge in [0.2, 0.25) is 5.78 Å². The third-order valence-corrected chi connectivity index (χ3v) is 5.67. The van der Waals surface area contributed by atoms with Crippen molar-refractivity contribution in [2.45, 2.75) is 11.8 Å². The fourth-order valence-corrected chi connectivity index (χ4v) is 3.84. The Morgan fingerprint density at radius 2 is 1.68 bits per heavy atom. The molecule has 2 aromatic heterocycles. The van der Waals surface area contributed by atoms with Gasteiger partial charge in [0.25, 0.3) is 10.0 Å². The Balaban J connectivity index is 1.56. The summed E-state index contributed by atoms with van der Waals surface area (Å²) in [5.41, 5.74) is 3.00. The van der Waals surface area contributed by atoms with Gasteiger partial charge in [0, 0.05) is 29.3 Å². The molecule has 0 atom stereocenters. The number of fused-ring (bicyclic) bond motifs is 1. The highest BCUT2D eigenvalue weighted by atomic mass is 32.2. The molecule has 0 radical (unpaired) electrons. The Hall–Kier alpha value is -3.39. The van der Waals surface area contributed by atoms with Gasteiger partial charge in [0.1, 0.15) is 5.75 Å². The van der Waals surface area contributed by atoms with Crippen LogP contribution in [0.5, 0.6) is 5.75 Å². The zero-order valence-corrected chi connectivity index (χ0v) is 16.1. The molecule has 4 aromatic rings. The third-order valence-electron chi connectivity index (χ3n) is 4.27. The van der Waals surface area contributed by atoms with E-state index >= 15 is 0 Å². The van der Waals surface area contributed by atoms with Gasteiger partial charge in [-0.15, -0.1) is 0 Å². The van der Waals surface area contributed by atoms with Gasteiger partial charge in [-0.3, -0.25) is 9.12 Å². The number of nitrogens with one attached hydrogen (secondary N) is 1. The van der Waals surface area contributed by atoms with E-state index in [1.54, 1.807) is 24.3 Å². The fourth-order valence-electron chi connectivity index (χ4n) is 2.78. The van der Waals surface area contributed by atoms with Gasteiger partial charge in [-0.05, 0) is 49.4 Å². The standard InChI is InChI=1S/C20H18N4O3S/c1-14-11-12-24-13-19(22-20(24)21-14)15-3-5-16(6-4-15)23-28(25,26)18-9-7-17(27-2)8-10-18/h3-13,23H,1-2H3. The van der Waals surface area contributed by atoms with Crippen LogP contribution in [0, 0.1) is 6.92 Å². The lowest BCUT2D eigenvalue weighted by molar-refractivity contribution is 0.414. The lowest BCUT2D eigenvalue weighted by Crippen LogP contribution is -2.12. The van der Waals surface area contributed by atoms with E-state index in [1.165, 1.54) is 19.2 Å². The number of benzene rings is 2. The summed E-state index contributed by atoms with van der Waals surface area (Å²) in [5.74, 6) is 1.22. The number of aryl methyl sites for hydroxylation is 1. The molecule has 0 spiro atoms. The molecular formula is C20H18N4O3S. The summed E-state index contributed by atoms with van der Waals surface area (Å²) < 4.78 is 34.5. The zero-order chi connectivity index (χ0) is 19.7. The second kappa shape index (κ2) is 6.97. The zero-order valence-electron chi connectivity index (χ0n) is 15.3. The van der Waals surface area contributed by atoms with E-state index < -0.39 is 10.0 Å². The highest BCUT2D eigenvalue weighted by Gasteiger charge is 2.14. The van der Waals surface area contributed by atoms with Crippen molar-refractivity contribution in [3.05, 3.63) is 72.7 Å². The SMILES string of the molecule is COc1ccc(S(=O)(=O)Nc2ccc(-c3cn4ccc(C)nc4n3)cc2)cc1. The number of ether oxygens (including phenoxy) is 1. The van der Waals surface area contributed by atoms with Crippen molar-refractivity contribution >= 4 is 21.5 Å². The van der Waals surface area contributed by atoms with Crippen LogP contribution in [-0.4, -0.2) is 29.9 Å².